The average Bonchev–Trinajstić information content (AvgIpc) is 2.92. The highest BCUT2D eigenvalue weighted by molar-refractivity contribution is 6.30. The number of carbonyl (C=O) groups is 2. The van der Waals surface area contributed by atoms with E-state index in [9.17, 15) is 9.59 Å². The summed E-state index contributed by atoms with van der Waals surface area (Å²) >= 11 is 6.14. The standard InChI is InChI=1S/C28H32ClN5O4/c29-24-10-8-23(9-11-24)26(22-4-2-1-3-5-22)33-16-14-32(15-17-33)18-19-37-25-12-6-21(7-13-25)20-34(27(30)35)38-28(31)36/h1-13,26H,14-20H2,(H2,30,35)(H2,31,36)/t26-/m1/s1. The molecule has 1 atom stereocenters. The summed E-state index contributed by atoms with van der Waals surface area (Å²) in [5.74, 6) is 0.709. The summed E-state index contributed by atoms with van der Waals surface area (Å²) in [6, 6.07) is 25.1. The van der Waals surface area contributed by atoms with Gasteiger partial charge in [0.05, 0.1) is 12.6 Å². The van der Waals surface area contributed by atoms with Crippen molar-refractivity contribution in [2.75, 3.05) is 39.3 Å². The highest BCUT2D eigenvalue weighted by atomic mass is 35.5. The summed E-state index contributed by atoms with van der Waals surface area (Å²) in [4.78, 5) is 31.8. The highest BCUT2D eigenvalue weighted by Crippen LogP contribution is 2.30. The van der Waals surface area contributed by atoms with Crippen molar-refractivity contribution < 1.29 is 19.2 Å². The lowest BCUT2D eigenvalue weighted by Gasteiger charge is -2.39. The van der Waals surface area contributed by atoms with Gasteiger partial charge in [0.15, 0.2) is 0 Å². The van der Waals surface area contributed by atoms with Crippen LogP contribution in [0, 0.1) is 0 Å². The summed E-state index contributed by atoms with van der Waals surface area (Å²) in [7, 11) is 0. The molecule has 1 saturated heterocycles. The zero-order chi connectivity index (χ0) is 26.9. The summed E-state index contributed by atoms with van der Waals surface area (Å²) in [5.41, 5.74) is 13.4. The molecule has 0 aromatic heterocycles. The van der Waals surface area contributed by atoms with Gasteiger partial charge in [-0.3, -0.25) is 9.80 Å². The SMILES string of the molecule is NC(=O)ON(Cc1ccc(OCCN2CCN([C@H](c3ccccc3)c3ccc(Cl)cc3)CC2)cc1)C(N)=O. The van der Waals surface area contributed by atoms with E-state index in [1.165, 1.54) is 11.1 Å². The molecule has 1 aliphatic rings. The third-order valence-corrected chi connectivity index (χ3v) is 6.70. The monoisotopic (exact) mass is 537 g/mol. The normalized spacial score (nSPS) is 15.0. The van der Waals surface area contributed by atoms with E-state index in [1.54, 1.807) is 24.3 Å². The second kappa shape index (κ2) is 13.1. The maximum atomic E-state index is 11.4. The molecule has 1 heterocycles. The van der Waals surface area contributed by atoms with Crippen molar-refractivity contribution in [2.45, 2.75) is 12.6 Å². The van der Waals surface area contributed by atoms with E-state index in [0.29, 0.717) is 23.0 Å². The molecule has 3 amide bonds. The number of rotatable bonds is 9. The number of hydrogen-bond acceptors (Lipinski definition) is 6. The Labute approximate surface area is 227 Å². The van der Waals surface area contributed by atoms with Crippen LogP contribution in [0.4, 0.5) is 9.59 Å². The largest absolute Gasteiger partial charge is 0.492 e. The minimum Gasteiger partial charge on any atom is -0.492 e. The highest BCUT2D eigenvalue weighted by Gasteiger charge is 2.26. The maximum absolute atomic E-state index is 11.4. The predicted octanol–water partition coefficient (Wildman–Crippen LogP) is 4.02. The molecular weight excluding hydrogens is 506 g/mol. The Hall–Kier alpha value is -3.79. The van der Waals surface area contributed by atoms with Crippen molar-refractivity contribution in [1.29, 1.82) is 0 Å². The molecule has 38 heavy (non-hydrogen) atoms. The van der Waals surface area contributed by atoms with Crippen molar-refractivity contribution in [1.82, 2.24) is 14.9 Å². The first kappa shape index (κ1) is 27.3. The summed E-state index contributed by atoms with van der Waals surface area (Å²) < 4.78 is 5.93. The van der Waals surface area contributed by atoms with E-state index in [4.69, 9.17) is 27.8 Å². The van der Waals surface area contributed by atoms with Crippen molar-refractivity contribution in [3.63, 3.8) is 0 Å². The van der Waals surface area contributed by atoms with E-state index in [1.807, 2.05) is 18.2 Å². The van der Waals surface area contributed by atoms with Crippen LogP contribution in [0.1, 0.15) is 22.7 Å². The first-order chi connectivity index (χ1) is 18.4. The van der Waals surface area contributed by atoms with Gasteiger partial charge in [0.2, 0.25) is 0 Å². The minimum absolute atomic E-state index is 0.0111. The number of ether oxygens (including phenoxy) is 1. The fraction of sp³-hybridized carbons (Fsp3) is 0.286. The number of carbonyl (C=O) groups excluding carboxylic acids is 2. The second-order valence-corrected chi connectivity index (χ2v) is 9.46. The maximum Gasteiger partial charge on any atom is 0.429 e. The van der Waals surface area contributed by atoms with Crippen LogP contribution < -0.4 is 16.2 Å². The van der Waals surface area contributed by atoms with Gasteiger partial charge in [0.1, 0.15) is 12.4 Å². The number of nitrogens with zero attached hydrogens (tertiary/aromatic N) is 3. The van der Waals surface area contributed by atoms with Crippen molar-refractivity contribution in [3.05, 3.63) is 101 Å². The second-order valence-electron chi connectivity index (χ2n) is 9.02. The van der Waals surface area contributed by atoms with Crippen molar-refractivity contribution in [3.8, 4) is 5.75 Å². The van der Waals surface area contributed by atoms with Gasteiger partial charge >= 0.3 is 12.1 Å². The number of hydrogen-bond donors (Lipinski definition) is 2. The van der Waals surface area contributed by atoms with Crippen molar-refractivity contribution >= 4 is 23.7 Å². The first-order valence-corrected chi connectivity index (χ1v) is 12.8. The molecule has 0 spiro atoms. The van der Waals surface area contributed by atoms with E-state index < -0.39 is 12.1 Å². The van der Waals surface area contributed by atoms with E-state index in [0.717, 1.165) is 37.7 Å². The van der Waals surface area contributed by atoms with Gasteiger partial charge in [0, 0.05) is 37.7 Å². The molecule has 0 saturated carbocycles. The Balaban J connectivity index is 1.26. The topological polar surface area (TPSA) is 114 Å². The molecule has 200 valence electrons. The van der Waals surface area contributed by atoms with Crippen LogP contribution in [-0.4, -0.2) is 66.3 Å². The number of nitrogens with two attached hydrogens (primary N) is 2. The number of halogens is 1. The fourth-order valence-corrected chi connectivity index (χ4v) is 4.68. The number of primary amides is 2. The molecule has 0 unspecified atom stereocenters. The lowest BCUT2D eigenvalue weighted by molar-refractivity contribution is -0.0575. The summed E-state index contributed by atoms with van der Waals surface area (Å²) in [5, 5.41) is 1.44. The van der Waals surface area contributed by atoms with Gasteiger partial charge in [0.25, 0.3) is 0 Å². The molecule has 0 aliphatic carbocycles. The molecule has 0 bridgehead atoms. The van der Waals surface area contributed by atoms with Crippen LogP contribution in [0.3, 0.4) is 0 Å². The zero-order valence-corrected chi connectivity index (χ0v) is 21.8. The van der Waals surface area contributed by atoms with Crippen LogP contribution >= 0.6 is 11.6 Å². The van der Waals surface area contributed by atoms with E-state index in [-0.39, 0.29) is 12.6 Å². The van der Waals surface area contributed by atoms with Gasteiger partial charge < -0.3 is 21.0 Å². The Morgan fingerprint density at radius 2 is 1.50 bits per heavy atom. The molecule has 3 aromatic carbocycles. The number of hydroxylamine groups is 2. The lowest BCUT2D eigenvalue weighted by atomic mass is 9.96. The van der Waals surface area contributed by atoms with Crippen LogP contribution in [0.2, 0.25) is 5.02 Å². The Morgan fingerprint density at radius 3 is 2.11 bits per heavy atom. The molecule has 4 rings (SSSR count). The van der Waals surface area contributed by atoms with E-state index >= 15 is 0 Å². The lowest BCUT2D eigenvalue weighted by Crippen LogP contribution is -2.48. The zero-order valence-electron chi connectivity index (χ0n) is 21.0. The summed E-state index contributed by atoms with van der Waals surface area (Å²) in [6.07, 6.45) is -1.11. The fourth-order valence-electron chi connectivity index (χ4n) is 4.55. The molecule has 1 fully saturated rings. The van der Waals surface area contributed by atoms with Gasteiger partial charge in [-0.15, -0.1) is 5.06 Å². The van der Waals surface area contributed by atoms with Gasteiger partial charge in [-0.25, -0.2) is 9.59 Å². The Morgan fingerprint density at radius 1 is 0.868 bits per heavy atom. The average molecular weight is 538 g/mol. The van der Waals surface area contributed by atoms with Crippen LogP contribution in [-0.2, 0) is 11.4 Å². The van der Waals surface area contributed by atoms with Gasteiger partial charge in [-0.1, -0.05) is 66.2 Å². The minimum atomic E-state index is -1.11. The molecule has 10 heteroatoms. The van der Waals surface area contributed by atoms with Crippen LogP contribution in [0.25, 0.3) is 0 Å². The third kappa shape index (κ3) is 7.61. The van der Waals surface area contributed by atoms with Gasteiger partial charge in [-0.2, -0.15) is 0 Å². The smallest absolute Gasteiger partial charge is 0.429 e. The van der Waals surface area contributed by atoms with Crippen LogP contribution in [0.15, 0.2) is 78.9 Å². The number of benzene rings is 3. The molecule has 9 nitrogen and oxygen atoms in total. The number of piperazine rings is 1. The number of urea groups is 1. The Kier molecular flexibility index (Phi) is 9.42. The molecule has 4 N–H and O–H groups in total. The number of amides is 3. The van der Waals surface area contributed by atoms with E-state index in [2.05, 4.69) is 51.0 Å². The summed E-state index contributed by atoms with van der Waals surface area (Å²) in [6.45, 7) is 5.14. The predicted molar refractivity (Wildman–Crippen MR) is 145 cm³/mol. The molecule has 1 aliphatic heterocycles. The van der Waals surface area contributed by atoms with Crippen LogP contribution in [0.5, 0.6) is 5.75 Å². The quantitative estimate of drug-likeness (QED) is 0.398. The molecule has 3 aromatic rings. The Bertz CT molecular complexity index is 1190. The third-order valence-electron chi connectivity index (χ3n) is 6.44. The van der Waals surface area contributed by atoms with Gasteiger partial charge in [-0.05, 0) is 41.0 Å². The first-order valence-electron chi connectivity index (χ1n) is 12.4. The molecular formula is C28H32ClN5O4. The van der Waals surface area contributed by atoms with Crippen molar-refractivity contribution in [2.24, 2.45) is 11.5 Å². The molecule has 0 radical (unpaired) electrons.